The predicted octanol–water partition coefficient (Wildman–Crippen LogP) is 3.86. The lowest BCUT2D eigenvalue weighted by atomic mass is 10.1. The first kappa shape index (κ1) is 24.8. The second-order valence-corrected chi connectivity index (χ2v) is 8.71. The number of furan rings is 1. The third-order valence-electron chi connectivity index (χ3n) is 5.51. The average molecular weight is 493 g/mol. The zero-order valence-corrected chi connectivity index (χ0v) is 20.4. The van der Waals surface area contributed by atoms with E-state index in [2.05, 4.69) is 5.32 Å². The minimum absolute atomic E-state index is 0.0879. The number of amides is 2. The van der Waals surface area contributed by atoms with Gasteiger partial charge in [-0.25, -0.2) is 0 Å². The molecule has 1 aliphatic rings. The fourth-order valence-corrected chi connectivity index (χ4v) is 3.60. The quantitative estimate of drug-likeness (QED) is 0.428. The maximum atomic E-state index is 12.8. The molecule has 2 amide bonds. The molecule has 0 unspecified atom stereocenters. The monoisotopic (exact) mass is 492 g/mol. The van der Waals surface area contributed by atoms with Crippen LogP contribution in [0.5, 0.6) is 17.2 Å². The Morgan fingerprint density at radius 1 is 1.08 bits per heavy atom. The lowest BCUT2D eigenvalue weighted by Crippen LogP contribution is -2.38. The molecule has 0 fully saturated rings. The van der Waals surface area contributed by atoms with Crippen LogP contribution in [0.25, 0.3) is 0 Å². The van der Waals surface area contributed by atoms with Gasteiger partial charge < -0.3 is 23.9 Å². The van der Waals surface area contributed by atoms with Gasteiger partial charge in [0, 0.05) is 18.2 Å². The lowest BCUT2D eigenvalue weighted by Gasteiger charge is -2.29. The van der Waals surface area contributed by atoms with Crippen LogP contribution < -0.4 is 24.4 Å². The van der Waals surface area contributed by atoms with E-state index in [0.717, 1.165) is 0 Å². The Morgan fingerprint density at radius 2 is 1.89 bits per heavy atom. The van der Waals surface area contributed by atoms with Gasteiger partial charge in [-0.15, -0.1) is 0 Å². The highest BCUT2D eigenvalue weighted by atomic mass is 16.5. The highest BCUT2D eigenvalue weighted by Gasteiger charge is 2.28. The van der Waals surface area contributed by atoms with Crippen LogP contribution in [0.15, 0.2) is 59.0 Å². The molecule has 0 saturated carbocycles. The third-order valence-corrected chi connectivity index (χ3v) is 5.51. The van der Waals surface area contributed by atoms with Gasteiger partial charge >= 0.3 is 0 Å². The SMILES string of the molecule is COc1cccc(OCC(=O)c2ccc3c(c2)N(Cc2ccc(C(=O)NCC(C)C)o2)C(=O)CO3)c1. The van der Waals surface area contributed by atoms with Crippen LogP contribution in [0, 0.1) is 5.92 Å². The number of anilines is 1. The standard InChI is InChI=1S/C27H28N2O7/c1-17(2)13-28-27(32)25-10-8-21(36-25)14-29-22-11-18(7-9-24(22)35-16-26(29)31)23(30)15-34-20-6-4-5-19(12-20)33-3/h4-12,17H,13-16H2,1-3H3,(H,28,32). The van der Waals surface area contributed by atoms with E-state index in [0.29, 0.717) is 46.7 Å². The maximum absolute atomic E-state index is 12.8. The summed E-state index contributed by atoms with van der Waals surface area (Å²) in [4.78, 5) is 39.3. The second-order valence-electron chi connectivity index (χ2n) is 8.71. The number of hydrogen-bond donors (Lipinski definition) is 1. The molecule has 36 heavy (non-hydrogen) atoms. The van der Waals surface area contributed by atoms with Crippen molar-refractivity contribution in [2.45, 2.75) is 20.4 Å². The van der Waals surface area contributed by atoms with Crippen molar-refractivity contribution in [1.29, 1.82) is 0 Å². The molecule has 0 spiro atoms. The summed E-state index contributed by atoms with van der Waals surface area (Å²) in [6.07, 6.45) is 0. The second kappa shape index (κ2) is 11.0. The van der Waals surface area contributed by atoms with Crippen molar-refractivity contribution in [3.05, 3.63) is 71.7 Å². The molecule has 188 valence electrons. The summed E-state index contributed by atoms with van der Waals surface area (Å²) in [5, 5.41) is 2.80. The van der Waals surface area contributed by atoms with Gasteiger partial charge in [-0.2, -0.15) is 0 Å². The van der Waals surface area contributed by atoms with Gasteiger partial charge in [-0.3, -0.25) is 19.3 Å². The van der Waals surface area contributed by atoms with Gasteiger partial charge in [0.25, 0.3) is 11.8 Å². The molecule has 0 bridgehead atoms. The van der Waals surface area contributed by atoms with Gasteiger partial charge in [0.2, 0.25) is 0 Å². The zero-order valence-electron chi connectivity index (χ0n) is 20.4. The van der Waals surface area contributed by atoms with Gasteiger partial charge in [0.05, 0.1) is 19.3 Å². The molecule has 3 aromatic rings. The molecule has 9 heteroatoms. The van der Waals surface area contributed by atoms with Crippen LogP contribution >= 0.6 is 0 Å². The summed E-state index contributed by atoms with van der Waals surface area (Å²) in [6, 6.07) is 15.1. The molecule has 0 atom stereocenters. The highest BCUT2D eigenvalue weighted by Crippen LogP contribution is 2.34. The number of nitrogens with one attached hydrogen (secondary N) is 1. The first-order valence-electron chi connectivity index (χ1n) is 11.6. The number of benzene rings is 2. The average Bonchev–Trinajstić information content (AvgIpc) is 3.36. The highest BCUT2D eigenvalue weighted by molar-refractivity contribution is 6.02. The number of carbonyl (C=O) groups is 3. The number of methoxy groups -OCH3 is 1. The summed E-state index contributed by atoms with van der Waals surface area (Å²) in [6.45, 7) is 4.29. The van der Waals surface area contributed by atoms with E-state index in [9.17, 15) is 14.4 Å². The molecule has 1 aliphatic heterocycles. The number of ketones is 1. The van der Waals surface area contributed by atoms with Crippen LogP contribution in [0.3, 0.4) is 0 Å². The van der Waals surface area contributed by atoms with Crippen LogP contribution in [-0.4, -0.2) is 44.5 Å². The van der Waals surface area contributed by atoms with Crippen LogP contribution in [0.1, 0.15) is 40.5 Å². The van der Waals surface area contributed by atoms with Crippen LogP contribution in [-0.2, 0) is 11.3 Å². The largest absolute Gasteiger partial charge is 0.497 e. The van der Waals surface area contributed by atoms with Crippen molar-refractivity contribution in [3.63, 3.8) is 0 Å². The Balaban J connectivity index is 1.47. The first-order chi connectivity index (χ1) is 17.3. The number of ether oxygens (including phenoxy) is 3. The molecule has 0 radical (unpaired) electrons. The molecule has 2 aromatic carbocycles. The summed E-state index contributed by atoms with van der Waals surface area (Å²) in [5.74, 6) is 1.65. The molecule has 0 aliphatic carbocycles. The molecule has 1 N–H and O–H groups in total. The lowest BCUT2D eigenvalue weighted by molar-refractivity contribution is -0.121. The minimum atomic E-state index is -0.312. The summed E-state index contributed by atoms with van der Waals surface area (Å²) in [5.41, 5.74) is 0.814. The normalized spacial score (nSPS) is 12.7. The van der Waals surface area contributed by atoms with E-state index in [4.69, 9.17) is 18.6 Å². The van der Waals surface area contributed by atoms with Crippen LogP contribution in [0.4, 0.5) is 5.69 Å². The van der Waals surface area contributed by atoms with Crippen molar-refractivity contribution in [2.24, 2.45) is 5.92 Å². The Hall–Kier alpha value is -4.27. The van der Waals surface area contributed by atoms with E-state index in [-0.39, 0.29) is 43.1 Å². The van der Waals surface area contributed by atoms with Crippen LogP contribution in [0.2, 0.25) is 0 Å². The predicted molar refractivity (Wildman–Crippen MR) is 132 cm³/mol. The van der Waals surface area contributed by atoms with Crippen molar-refractivity contribution < 1.29 is 33.0 Å². The molecule has 0 saturated heterocycles. The van der Waals surface area contributed by atoms with Crippen molar-refractivity contribution in [1.82, 2.24) is 5.32 Å². The summed E-state index contributed by atoms with van der Waals surface area (Å²) >= 11 is 0. The summed E-state index contributed by atoms with van der Waals surface area (Å²) < 4.78 is 22.0. The number of nitrogens with zero attached hydrogens (tertiary/aromatic N) is 1. The topological polar surface area (TPSA) is 107 Å². The zero-order chi connectivity index (χ0) is 25.7. The van der Waals surface area contributed by atoms with Gasteiger partial charge in [0.1, 0.15) is 23.0 Å². The fraction of sp³-hybridized carbons (Fsp3) is 0.296. The first-order valence-corrected chi connectivity index (χ1v) is 11.6. The molecule has 9 nitrogen and oxygen atoms in total. The van der Waals surface area contributed by atoms with E-state index in [1.54, 1.807) is 61.7 Å². The molecule has 4 rings (SSSR count). The smallest absolute Gasteiger partial charge is 0.287 e. The third kappa shape index (κ3) is 5.86. The van der Waals surface area contributed by atoms with E-state index < -0.39 is 0 Å². The number of Topliss-reactive ketones (excluding diaryl/α,β-unsaturated/α-hetero) is 1. The van der Waals surface area contributed by atoms with Crippen molar-refractivity contribution >= 4 is 23.3 Å². The molecular formula is C27H28N2O7. The van der Waals surface area contributed by atoms with Gasteiger partial charge in [-0.1, -0.05) is 19.9 Å². The molecule has 2 heterocycles. The number of carbonyl (C=O) groups excluding carboxylic acids is 3. The van der Waals surface area contributed by atoms with Crippen molar-refractivity contribution in [2.75, 3.05) is 31.8 Å². The molecular weight excluding hydrogens is 464 g/mol. The number of fused-ring (bicyclic) bond motifs is 1. The van der Waals surface area contributed by atoms with Gasteiger partial charge in [-0.05, 0) is 48.4 Å². The van der Waals surface area contributed by atoms with Gasteiger partial charge in [0.15, 0.2) is 24.8 Å². The van der Waals surface area contributed by atoms with E-state index >= 15 is 0 Å². The van der Waals surface area contributed by atoms with Crippen molar-refractivity contribution in [3.8, 4) is 17.2 Å². The Morgan fingerprint density at radius 3 is 2.67 bits per heavy atom. The van der Waals surface area contributed by atoms with E-state index in [1.807, 2.05) is 13.8 Å². The molecule has 1 aromatic heterocycles. The number of rotatable bonds is 10. The fourth-order valence-electron chi connectivity index (χ4n) is 3.60. The Kier molecular flexibility index (Phi) is 7.58. The number of hydrogen-bond acceptors (Lipinski definition) is 7. The minimum Gasteiger partial charge on any atom is -0.497 e. The maximum Gasteiger partial charge on any atom is 0.287 e. The van der Waals surface area contributed by atoms with E-state index in [1.165, 1.54) is 4.90 Å². The summed E-state index contributed by atoms with van der Waals surface area (Å²) in [7, 11) is 1.55. The Bertz CT molecular complexity index is 1260. The Labute approximate surface area is 208 Å².